The first-order valence-electron chi connectivity index (χ1n) is 3.31. The van der Waals surface area contributed by atoms with Crippen molar-refractivity contribution in [2.75, 3.05) is 0 Å². The molecule has 0 fully saturated rings. The highest BCUT2D eigenvalue weighted by Crippen LogP contribution is 2.13. The molecule has 0 amide bonds. The number of benzene rings is 1. The predicted molar refractivity (Wildman–Crippen MR) is 52.0 cm³/mol. The molecule has 0 radical (unpaired) electrons. The Hall–Kier alpha value is -0.160. The molecule has 0 aliphatic rings. The lowest BCUT2D eigenvalue weighted by atomic mass is 10.1. The van der Waals surface area contributed by atoms with Gasteiger partial charge in [-0.3, -0.25) is 0 Å². The normalized spacial score (nSPS) is 10.1. The molecule has 0 aromatic heterocycles. The molecule has 11 heavy (non-hydrogen) atoms. The Kier molecular flexibility index (Phi) is 3.26. The van der Waals surface area contributed by atoms with Crippen molar-refractivity contribution >= 4 is 22.6 Å². The number of rotatable bonds is 2. The maximum absolute atomic E-state index is 13.0. The fraction of sp³-hybridized carbons (Fsp3) is 0.250. The van der Waals surface area contributed by atoms with Gasteiger partial charge in [0.2, 0.25) is 0 Å². The van der Waals surface area contributed by atoms with Gasteiger partial charge in [-0.05, 0) is 17.2 Å². The van der Waals surface area contributed by atoms with Crippen LogP contribution in [0.25, 0.3) is 0 Å². The molecule has 0 unspecified atom stereocenters. The second-order valence-electron chi connectivity index (χ2n) is 2.26. The van der Waals surface area contributed by atoms with Gasteiger partial charge in [0.25, 0.3) is 0 Å². The van der Waals surface area contributed by atoms with E-state index in [1.807, 2.05) is 6.07 Å². The van der Waals surface area contributed by atoms with Crippen LogP contribution in [-0.4, -0.2) is 0 Å². The first-order valence-corrected chi connectivity index (χ1v) is 4.84. The van der Waals surface area contributed by atoms with E-state index in [9.17, 15) is 4.39 Å². The van der Waals surface area contributed by atoms with E-state index in [-0.39, 0.29) is 5.82 Å². The van der Waals surface area contributed by atoms with Crippen LogP contribution in [0, 0.1) is 5.82 Å². The maximum Gasteiger partial charge on any atom is 0.127 e. The average Bonchev–Trinajstić information content (AvgIpc) is 2.04. The van der Waals surface area contributed by atoms with Crippen LogP contribution in [0.4, 0.5) is 4.39 Å². The van der Waals surface area contributed by atoms with Gasteiger partial charge in [-0.25, -0.2) is 4.39 Å². The maximum atomic E-state index is 13.0. The average molecular weight is 265 g/mol. The highest BCUT2D eigenvalue weighted by Gasteiger charge is 1.99. The van der Waals surface area contributed by atoms with Gasteiger partial charge in [0.05, 0.1) is 0 Å². The molecule has 2 N–H and O–H groups in total. The van der Waals surface area contributed by atoms with E-state index < -0.39 is 0 Å². The summed E-state index contributed by atoms with van der Waals surface area (Å²) >= 11 is 2.13. The van der Waals surface area contributed by atoms with E-state index in [2.05, 4.69) is 22.6 Å². The Morgan fingerprint density at radius 2 is 2.18 bits per heavy atom. The highest BCUT2D eigenvalue weighted by atomic mass is 127. The lowest BCUT2D eigenvalue weighted by Crippen LogP contribution is -1.97. The molecule has 0 aliphatic carbocycles. The minimum atomic E-state index is -0.151. The third-order valence-electron chi connectivity index (χ3n) is 1.50. The molecule has 1 aromatic carbocycles. The van der Waals surface area contributed by atoms with E-state index in [0.717, 1.165) is 11.1 Å². The molecule has 3 heteroatoms. The molecule has 0 saturated carbocycles. The minimum absolute atomic E-state index is 0.151. The van der Waals surface area contributed by atoms with Crippen LogP contribution in [0.15, 0.2) is 18.2 Å². The van der Waals surface area contributed by atoms with Crippen molar-refractivity contribution in [2.24, 2.45) is 5.73 Å². The van der Waals surface area contributed by atoms with Crippen LogP contribution in [0.2, 0.25) is 0 Å². The summed E-state index contributed by atoms with van der Waals surface area (Å²) in [6, 6.07) is 5.13. The second kappa shape index (κ2) is 4.01. The van der Waals surface area contributed by atoms with Gasteiger partial charge < -0.3 is 5.73 Å². The van der Waals surface area contributed by atoms with Gasteiger partial charge in [-0.2, -0.15) is 0 Å². The van der Waals surface area contributed by atoms with E-state index in [1.165, 1.54) is 6.07 Å². The lowest BCUT2D eigenvalue weighted by Gasteiger charge is -2.00. The molecule has 0 saturated heterocycles. The van der Waals surface area contributed by atoms with Crippen molar-refractivity contribution in [1.29, 1.82) is 0 Å². The van der Waals surface area contributed by atoms with Gasteiger partial charge in [0.15, 0.2) is 0 Å². The van der Waals surface area contributed by atoms with Crippen molar-refractivity contribution in [3.8, 4) is 0 Å². The summed E-state index contributed by atoms with van der Waals surface area (Å²) in [6.07, 6.45) is 0. The van der Waals surface area contributed by atoms with E-state index in [4.69, 9.17) is 5.73 Å². The summed E-state index contributed by atoms with van der Waals surface area (Å²) in [4.78, 5) is 0. The molecule has 1 aromatic rings. The Balaban J connectivity index is 2.99. The van der Waals surface area contributed by atoms with E-state index in [1.54, 1.807) is 6.07 Å². The molecule has 60 valence electrons. The van der Waals surface area contributed by atoms with Crippen molar-refractivity contribution in [2.45, 2.75) is 11.0 Å². The molecule has 0 atom stereocenters. The number of alkyl halides is 1. The summed E-state index contributed by atoms with van der Waals surface area (Å²) in [5, 5.41) is 0. The molecular weight excluding hydrogens is 256 g/mol. The zero-order valence-electron chi connectivity index (χ0n) is 5.98. The van der Waals surface area contributed by atoms with Crippen LogP contribution in [0.5, 0.6) is 0 Å². The third kappa shape index (κ3) is 2.13. The first kappa shape index (κ1) is 8.93. The molecule has 0 aliphatic heterocycles. The standard InChI is InChI=1S/C8H9FIN/c9-8-3-6(5-11)1-2-7(8)4-10/h1-3H,4-5,11H2. The van der Waals surface area contributed by atoms with Gasteiger partial charge in [-0.1, -0.05) is 34.7 Å². The van der Waals surface area contributed by atoms with Crippen molar-refractivity contribution in [3.63, 3.8) is 0 Å². The van der Waals surface area contributed by atoms with E-state index in [0.29, 0.717) is 11.0 Å². The molecule has 1 nitrogen and oxygen atoms in total. The predicted octanol–water partition coefficient (Wildman–Crippen LogP) is 2.22. The van der Waals surface area contributed by atoms with Gasteiger partial charge in [-0.15, -0.1) is 0 Å². The summed E-state index contributed by atoms with van der Waals surface area (Å²) in [6.45, 7) is 0.401. The lowest BCUT2D eigenvalue weighted by molar-refractivity contribution is 0.615. The number of nitrogens with two attached hydrogens (primary N) is 1. The molecule has 0 heterocycles. The van der Waals surface area contributed by atoms with Gasteiger partial charge in [0, 0.05) is 11.0 Å². The Morgan fingerprint density at radius 3 is 2.64 bits per heavy atom. The summed E-state index contributed by atoms with van der Waals surface area (Å²) < 4.78 is 13.7. The summed E-state index contributed by atoms with van der Waals surface area (Å²) in [7, 11) is 0. The fourth-order valence-corrected chi connectivity index (χ4v) is 1.44. The Bertz CT molecular complexity index is 250. The number of halogens is 2. The second-order valence-corrected chi connectivity index (χ2v) is 3.03. The van der Waals surface area contributed by atoms with Gasteiger partial charge >= 0.3 is 0 Å². The molecule has 0 spiro atoms. The fourth-order valence-electron chi connectivity index (χ4n) is 0.826. The van der Waals surface area contributed by atoms with Crippen LogP contribution in [-0.2, 0) is 11.0 Å². The monoisotopic (exact) mass is 265 g/mol. The zero-order chi connectivity index (χ0) is 8.27. The van der Waals surface area contributed by atoms with E-state index >= 15 is 0 Å². The van der Waals surface area contributed by atoms with Crippen LogP contribution in [0.3, 0.4) is 0 Å². The van der Waals surface area contributed by atoms with Gasteiger partial charge in [0.1, 0.15) is 5.82 Å². The zero-order valence-corrected chi connectivity index (χ0v) is 8.14. The van der Waals surface area contributed by atoms with Crippen molar-refractivity contribution in [3.05, 3.63) is 35.1 Å². The smallest absolute Gasteiger partial charge is 0.127 e. The SMILES string of the molecule is NCc1ccc(CI)c(F)c1. The topological polar surface area (TPSA) is 26.0 Å². The highest BCUT2D eigenvalue weighted by molar-refractivity contribution is 14.1. The Morgan fingerprint density at radius 1 is 1.45 bits per heavy atom. The van der Waals surface area contributed by atoms with Crippen molar-refractivity contribution in [1.82, 2.24) is 0 Å². The van der Waals surface area contributed by atoms with Crippen LogP contribution < -0.4 is 5.73 Å². The molecule has 0 bridgehead atoms. The largest absolute Gasteiger partial charge is 0.326 e. The minimum Gasteiger partial charge on any atom is -0.326 e. The third-order valence-corrected chi connectivity index (χ3v) is 2.32. The van der Waals surface area contributed by atoms with Crippen LogP contribution >= 0.6 is 22.6 Å². The number of hydrogen-bond acceptors (Lipinski definition) is 1. The number of hydrogen-bond donors (Lipinski definition) is 1. The van der Waals surface area contributed by atoms with Crippen LogP contribution in [0.1, 0.15) is 11.1 Å². The first-order chi connectivity index (χ1) is 5.27. The molecule has 1 rings (SSSR count). The summed E-state index contributed by atoms with van der Waals surface area (Å²) in [5.74, 6) is -0.151. The quantitative estimate of drug-likeness (QED) is 0.644. The molecular formula is C8H9FIN. The van der Waals surface area contributed by atoms with Crippen molar-refractivity contribution < 1.29 is 4.39 Å². The summed E-state index contributed by atoms with van der Waals surface area (Å²) in [5.41, 5.74) is 6.92. The Labute approximate surface area is 78.9 Å².